The Bertz CT molecular complexity index is 1280. The molecule has 31 heavy (non-hydrogen) atoms. The topological polar surface area (TPSA) is 99.3 Å². The Hall–Kier alpha value is -4.39. The van der Waals surface area contributed by atoms with Gasteiger partial charge in [-0.15, -0.1) is 0 Å². The van der Waals surface area contributed by atoms with Gasteiger partial charge in [0.15, 0.2) is 5.84 Å². The fourth-order valence-corrected chi connectivity index (χ4v) is 2.98. The Morgan fingerprint density at radius 2 is 1.77 bits per heavy atom. The zero-order valence-electron chi connectivity index (χ0n) is 16.7. The third-order valence-corrected chi connectivity index (χ3v) is 4.55. The molecule has 7 nitrogen and oxygen atoms in total. The van der Waals surface area contributed by atoms with Gasteiger partial charge in [0.1, 0.15) is 28.6 Å². The van der Waals surface area contributed by atoms with Crippen molar-refractivity contribution >= 4 is 28.6 Å². The van der Waals surface area contributed by atoms with Crippen LogP contribution < -0.4 is 10.2 Å². The van der Waals surface area contributed by atoms with Crippen molar-refractivity contribution in [3.05, 3.63) is 90.1 Å². The molecule has 0 bridgehead atoms. The lowest BCUT2D eigenvalue weighted by Gasteiger charge is -2.09. The van der Waals surface area contributed by atoms with E-state index in [9.17, 15) is 10.2 Å². The standard InChI is InChI=1S/C24H20N4O3/c1-31-23-9-5-4-8-20(23)27-24(21-13-11-16-6-2-3-7-19(16)26-21)28-25-15-17-10-12-18(29)14-22(17)30/h2-15,29-30H,1H3,(H,27,28)/b25-15+. The highest BCUT2D eigenvalue weighted by molar-refractivity contribution is 6.01. The van der Waals surface area contributed by atoms with Crippen LogP contribution in [0.4, 0.5) is 5.69 Å². The zero-order chi connectivity index (χ0) is 21.6. The maximum atomic E-state index is 9.96. The summed E-state index contributed by atoms with van der Waals surface area (Å²) in [5, 5.41) is 24.6. The molecule has 0 radical (unpaired) electrons. The van der Waals surface area contributed by atoms with Crippen molar-refractivity contribution in [1.82, 2.24) is 10.4 Å². The second kappa shape index (κ2) is 8.96. The second-order valence-electron chi connectivity index (χ2n) is 6.63. The van der Waals surface area contributed by atoms with Gasteiger partial charge in [-0.2, -0.15) is 5.10 Å². The predicted octanol–water partition coefficient (Wildman–Crippen LogP) is 4.36. The molecule has 3 N–H and O–H groups in total. The quantitative estimate of drug-likeness (QED) is 0.257. The molecule has 0 saturated heterocycles. The van der Waals surface area contributed by atoms with E-state index >= 15 is 0 Å². The number of benzene rings is 3. The van der Waals surface area contributed by atoms with E-state index in [1.165, 1.54) is 18.3 Å². The van der Waals surface area contributed by atoms with Crippen LogP contribution in [0.1, 0.15) is 11.3 Å². The van der Waals surface area contributed by atoms with Crippen LogP contribution in [-0.4, -0.2) is 34.4 Å². The number of methoxy groups -OCH3 is 1. The Balaban J connectivity index is 1.72. The van der Waals surface area contributed by atoms with E-state index < -0.39 is 0 Å². The van der Waals surface area contributed by atoms with Crippen molar-refractivity contribution in [3.63, 3.8) is 0 Å². The second-order valence-corrected chi connectivity index (χ2v) is 6.63. The number of nitrogens with one attached hydrogen (secondary N) is 1. The maximum Gasteiger partial charge on any atom is 0.173 e. The van der Waals surface area contributed by atoms with Crippen molar-refractivity contribution in [2.75, 3.05) is 7.11 Å². The van der Waals surface area contributed by atoms with Gasteiger partial charge in [0, 0.05) is 17.0 Å². The summed E-state index contributed by atoms with van der Waals surface area (Å²) in [5.74, 6) is 0.909. The summed E-state index contributed by atoms with van der Waals surface area (Å²) < 4.78 is 5.40. The van der Waals surface area contributed by atoms with E-state index in [0.717, 1.165) is 10.9 Å². The summed E-state index contributed by atoms with van der Waals surface area (Å²) in [6.45, 7) is 0. The van der Waals surface area contributed by atoms with E-state index in [4.69, 9.17) is 9.72 Å². The first-order chi connectivity index (χ1) is 15.1. The number of pyridine rings is 1. The van der Waals surface area contributed by atoms with E-state index in [2.05, 4.69) is 15.5 Å². The fourth-order valence-electron chi connectivity index (χ4n) is 2.98. The highest BCUT2D eigenvalue weighted by Gasteiger charge is 2.09. The summed E-state index contributed by atoms with van der Waals surface area (Å²) in [6, 6.07) is 23.3. The van der Waals surface area contributed by atoms with Gasteiger partial charge in [-0.05, 0) is 36.4 Å². The third kappa shape index (κ3) is 4.62. The molecule has 4 aromatic rings. The molecule has 0 fully saturated rings. The number of hydrogen-bond acceptors (Lipinski definition) is 6. The van der Waals surface area contributed by atoms with E-state index in [1.54, 1.807) is 13.2 Å². The molecule has 0 saturated carbocycles. The zero-order valence-corrected chi connectivity index (χ0v) is 16.7. The molecule has 1 heterocycles. The highest BCUT2D eigenvalue weighted by atomic mass is 16.5. The summed E-state index contributed by atoms with van der Waals surface area (Å²) in [6.07, 6.45) is 1.44. The van der Waals surface area contributed by atoms with Gasteiger partial charge in [-0.3, -0.25) is 5.43 Å². The normalized spacial score (nSPS) is 11.7. The summed E-state index contributed by atoms with van der Waals surface area (Å²) in [7, 11) is 1.58. The number of hydrogen-bond donors (Lipinski definition) is 3. The van der Waals surface area contributed by atoms with E-state index in [1.807, 2.05) is 60.7 Å². The molecule has 0 spiro atoms. The molecule has 3 aromatic carbocycles. The number of amidine groups is 1. The minimum Gasteiger partial charge on any atom is -0.508 e. The molecule has 0 atom stereocenters. The van der Waals surface area contributed by atoms with Crippen molar-refractivity contribution in [2.45, 2.75) is 0 Å². The monoisotopic (exact) mass is 412 g/mol. The first-order valence-corrected chi connectivity index (χ1v) is 9.53. The average Bonchev–Trinajstić information content (AvgIpc) is 2.79. The van der Waals surface area contributed by atoms with Crippen LogP contribution in [0, 0.1) is 0 Å². The molecule has 0 amide bonds. The number of hydrazone groups is 1. The predicted molar refractivity (Wildman–Crippen MR) is 121 cm³/mol. The van der Waals surface area contributed by atoms with Gasteiger partial charge in [-0.25, -0.2) is 9.98 Å². The lowest BCUT2D eigenvalue weighted by Crippen LogP contribution is -2.20. The van der Waals surface area contributed by atoms with Crippen LogP contribution >= 0.6 is 0 Å². The number of aromatic nitrogens is 1. The molecule has 0 aliphatic rings. The molecule has 0 aliphatic heterocycles. The van der Waals surface area contributed by atoms with Gasteiger partial charge >= 0.3 is 0 Å². The highest BCUT2D eigenvalue weighted by Crippen LogP contribution is 2.27. The number of rotatable bonds is 5. The van der Waals surface area contributed by atoms with E-state index in [-0.39, 0.29) is 11.5 Å². The van der Waals surface area contributed by atoms with Crippen LogP contribution in [0.2, 0.25) is 0 Å². The Morgan fingerprint density at radius 1 is 0.968 bits per heavy atom. The molecular weight excluding hydrogens is 392 g/mol. The number of phenols is 2. The molecule has 0 unspecified atom stereocenters. The lowest BCUT2D eigenvalue weighted by atomic mass is 10.2. The van der Waals surface area contributed by atoms with Crippen molar-refractivity contribution in [2.24, 2.45) is 10.1 Å². The SMILES string of the molecule is COc1ccccc1N=C(N/N=C/c1ccc(O)cc1O)c1ccc2ccccc2n1. The number of nitrogens with zero attached hydrogens (tertiary/aromatic N) is 3. The minimum atomic E-state index is -0.0856. The number of fused-ring (bicyclic) bond motifs is 1. The lowest BCUT2D eigenvalue weighted by molar-refractivity contribution is 0.416. The van der Waals surface area contributed by atoms with Crippen molar-refractivity contribution in [1.29, 1.82) is 0 Å². The first kappa shape index (κ1) is 19.9. The Labute approximate surface area is 179 Å². The average molecular weight is 412 g/mol. The summed E-state index contributed by atoms with van der Waals surface area (Å²) in [5.41, 5.74) is 5.40. The molecule has 1 aromatic heterocycles. The summed E-state index contributed by atoms with van der Waals surface area (Å²) >= 11 is 0. The van der Waals surface area contributed by atoms with Gasteiger partial charge < -0.3 is 14.9 Å². The van der Waals surface area contributed by atoms with Crippen molar-refractivity contribution < 1.29 is 14.9 Å². The van der Waals surface area contributed by atoms with Gasteiger partial charge in [0.05, 0.1) is 18.8 Å². The van der Waals surface area contributed by atoms with Gasteiger partial charge in [0.25, 0.3) is 0 Å². The number of phenolic OH excluding ortho intramolecular Hbond substituents is 2. The van der Waals surface area contributed by atoms with Crippen LogP contribution in [0.3, 0.4) is 0 Å². The number of ether oxygens (including phenoxy) is 1. The van der Waals surface area contributed by atoms with E-state index in [0.29, 0.717) is 28.5 Å². The largest absolute Gasteiger partial charge is 0.508 e. The maximum absolute atomic E-state index is 9.96. The molecule has 7 heteroatoms. The van der Waals surface area contributed by atoms with Crippen LogP contribution in [-0.2, 0) is 0 Å². The minimum absolute atomic E-state index is 0.0265. The molecule has 4 rings (SSSR count). The Morgan fingerprint density at radius 3 is 2.61 bits per heavy atom. The molecular formula is C24H20N4O3. The Kier molecular flexibility index (Phi) is 5.75. The van der Waals surface area contributed by atoms with Crippen LogP contribution in [0.5, 0.6) is 17.2 Å². The van der Waals surface area contributed by atoms with Gasteiger partial charge in [0.2, 0.25) is 0 Å². The third-order valence-electron chi connectivity index (χ3n) is 4.55. The van der Waals surface area contributed by atoms with Gasteiger partial charge in [-0.1, -0.05) is 36.4 Å². The summed E-state index contributed by atoms with van der Waals surface area (Å²) in [4.78, 5) is 9.37. The molecule has 154 valence electrons. The molecule has 0 aliphatic carbocycles. The fraction of sp³-hybridized carbons (Fsp3) is 0.0417. The number of aromatic hydroxyl groups is 2. The van der Waals surface area contributed by atoms with Crippen LogP contribution in [0.25, 0.3) is 10.9 Å². The van der Waals surface area contributed by atoms with Crippen molar-refractivity contribution in [3.8, 4) is 17.2 Å². The number of para-hydroxylation sites is 3. The van der Waals surface area contributed by atoms with Crippen LogP contribution in [0.15, 0.2) is 89.0 Å². The first-order valence-electron chi connectivity index (χ1n) is 9.53. The smallest absolute Gasteiger partial charge is 0.173 e. The number of aliphatic imine (C=N–C) groups is 1.